The van der Waals surface area contributed by atoms with Crippen molar-refractivity contribution in [3.05, 3.63) is 71.4 Å². The summed E-state index contributed by atoms with van der Waals surface area (Å²) in [6, 6.07) is 16.5. The number of carbonyl (C=O) groups excluding carboxylic acids is 3. The maximum atomic E-state index is 12.5. The lowest BCUT2D eigenvalue weighted by atomic mass is 10.0. The highest BCUT2D eigenvalue weighted by atomic mass is 16.5. The maximum Gasteiger partial charge on any atom is 0.355 e. The predicted molar refractivity (Wildman–Crippen MR) is 113 cm³/mol. The summed E-state index contributed by atoms with van der Waals surface area (Å²) in [6.07, 6.45) is 0.458. The summed E-state index contributed by atoms with van der Waals surface area (Å²) >= 11 is 0. The third kappa shape index (κ3) is 6.92. The van der Waals surface area contributed by atoms with Crippen molar-refractivity contribution < 1.29 is 19.1 Å². The van der Waals surface area contributed by atoms with Crippen molar-refractivity contribution in [1.29, 1.82) is 0 Å². The Morgan fingerprint density at radius 3 is 2.10 bits per heavy atom. The SMILES string of the molecule is CC(=O)N/C(=C\c1ccccc1)C(=O)O[C@@H](C)C(=O)Nc1ccc(C(C)C)cc1. The van der Waals surface area contributed by atoms with Crippen molar-refractivity contribution in [1.82, 2.24) is 5.32 Å². The van der Waals surface area contributed by atoms with Crippen LogP contribution in [0.15, 0.2) is 60.3 Å². The topological polar surface area (TPSA) is 84.5 Å². The van der Waals surface area contributed by atoms with Gasteiger partial charge in [0, 0.05) is 12.6 Å². The Bertz CT molecular complexity index is 887. The van der Waals surface area contributed by atoms with E-state index >= 15 is 0 Å². The lowest BCUT2D eigenvalue weighted by Gasteiger charge is -2.15. The third-order valence-electron chi connectivity index (χ3n) is 4.14. The van der Waals surface area contributed by atoms with Gasteiger partial charge in [-0.1, -0.05) is 56.3 Å². The summed E-state index contributed by atoms with van der Waals surface area (Å²) in [6.45, 7) is 6.95. The van der Waals surface area contributed by atoms with Crippen LogP contribution in [0.2, 0.25) is 0 Å². The third-order valence-corrected chi connectivity index (χ3v) is 4.14. The molecule has 0 unspecified atom stereocenters. The second-order valence-electron chi connectivity index (χ2n) is 6.96. The molecule has 1 atom stereocenters. The van der Waals surface area contributed by atoms with Gasteiger partial charge < -0.3 is 15.4 Å². The highest BCUT2D eigenvalue weighted by Crippen LogP contribution is 2.17. The van der Waals surface area contributed by atoms with Gasteiger partial charge in [0.25, 0.3) is 5.91 Å². The first-order chi connectivity index (χ1) is 13.8. The van der Waals surface area contributed by atoms with Crippen LogP contribution >= 0.6 is 0 Å². The average molecular weight is 394 g/mol. The van der Waals surface area contributed by atoms with Gasteiger partial charge >= 0.3 is 5.97 Å². The van der Waals surface area contributed by atoms with Gasteiger partial charge in [0.1, 0.15) is 5.70 Å². The van der Waals surface area contributed by atoms with Crippen molar-refractivity contribution in [2.24, 2.45) is 0 Å². The van der Waals surface area contributed by atoms with Gasteiger partial charge in [0.2, 0.25) is 5.91 Å². The van der Waals surface area contributed by atoms with Gasteiger partial charge in [-0.3, -0.25) is 9.59 Å². The van der Waals surface area contributed by atoms with E-state index in [1.807, 2.05) is 30.3 Å². The van der Waals surface area contributed by atoms with Crippen LogP contribution in [0.3, 0.4) is 0 Å². The smallest absolute Gasteiger partial charge is 0.355 e. The molecule has 0 saturated heterocycles. The van der Waals surface area contributed by atoms with E-state index in [-0.39, 0.29) is 5.70 Å². The molecule has 0 fully saturated rings. The number of hydrogen-bond donors (Lipinski definition) is 2. The number of carbonyl (C=O) groups is 3. The van der Waals surface area contributed by atoms with Gasteiger partial charge in [-0.15, -0.1) is 0 Å². The first-order valence-corrected chi connectivity index (χ1v) is 9.42. The molecule has 2 amide bonds. The first kappa shape index (κ1) is 21.9. The Hall–Kier alpha value is -3.41. The van der Waals surface area contributed by atoms with Crippen LogP contribution in [0.4, 0.5) is 5.69 Å². The molecule has 152 valence electrons. The molecule has 6 heteroatoms. The fourth-order valence-electron chi connectivity index (χ4n) is 2.52. The molecule has 0 aliphatic carbocycles. The van der Waals surface area contributed by atoms with E-state index in [1.165, 1.54) is 19.9 Å². The van der Waals surface area contributed by atoms with Gasteiger partial charge in [-0.25, -0.2) is 4.79 Å². The van der Waals surface area contributed by atoms with Crippen LogP contribution in [0.1, 0.15) is 44.7 Å². The van der Waals surface area contributed by atoms with Crippen molar-refractivity contribution in [3.8, 4) is 0 Å². The van der Waals surface area contributed by atoms with Gasteiger partial charge in [-0.2, -0.15) is 0 Å². The molecule has 0 saturated carbocycles. The number of anilines is 1. The molecule has 0 bridgehead atoms. The van der Waals surface area contributed by atoms with E-state index < -0.39 is 23.9 Å². The largest absolute Gasteiger partial charge is 0.448 e. The van der Waals surface area contributed by atoms with E-state index in [1.54, 1.807) is 24.3 Å². The maximum absolute atomic E-state index is 12.5. The Morgan fingerprint density at radius 2 is 1.55 bits per heavy atom. The minimum absolute atomic E-state index is 0.0374. The molecule has 29 heavy (non-hydrogen) atoms. The standard InChI is InChI=1S/C23H26N2O4/c1-15(2)19-10-12-20(13-11-19)25-22(27)16(3)29-23(28)21(24-17(4)26)14-18-8-6-5-7-9-18/h5-16H,1-4H3,(H,24,26)(H,25,27)/b21-14-/t16-/m0/s1. The summed E-state index contributed by atoms with van der Waals surface area (Å²) in [5.74, 6) is -1.27. The number of nitrogens with one attached hydrogen (secondary N) is 2. The molecule has 0 aliphatic heterocycles. The zero-order valence-corrected chi connectivity index (χ0v) is 17.1. The summed E-state index contributed by atoms with van der Waals surface area (Å²) in [5.41, 5.74) is 2.46. The normalized spacial score (nSPS) is 12.2. The minimum atomic E-state index is -1.04. The molecule has 0 radical (unpaired) electrons. The van der Waals surface area contributed by atoms with Crippen LogP contribution in [-0.4, -0.2) is 23.9 Å². The molecular weight excluding hydrogens is 368 g/mol. The molecule has 2 rings (SSSR count). The van der Waals surface area contributed by atoms with Crippen LogP contribution in [0.5, 0.6) is 0 Å². The molecule has 0 aromatic heterocycles. The molecule has 6 nitrogen and oxygen atoms in total. The summed E-state index contributed by atoms with van der Waals surface area (Å²) in [4.78, 5) is 36.3. The highest BCUT2D eigenvalue weighted by Gasteiger charge is 2.21. The second kappa shape index (κ2) is 10.2. The summed E-state index contributed by atoms with van der Waals surface area (Å²) in [7, 11) is 0. The van der Waals surface area contributed by atoms with Gasteiger partial charge in [-0.05, 0) is 42.2 Å². The van der Waals surface area contributed by atoms with Crippen molar-refractivity contribution in [2.75, 3.05) is 5.32 Å². The quantitative estimate of drug-likeness (QED) is 0.552. The lowest BCUT2D eigenvalue weighted by Crippen LogP contribution is -2.33. The van der Waals surface area contributed by atoms with Crippen molar-refractivity contribution >= 4 is 29.5 Å². The molecule has 2 aromatic rings. The van der Waals surface area contributed by atoms with E-state index in [0.29, 0.717) is 11.6 Å². The highest BCUT2D eigenvalue weighted by molar-refractivity contribution is 6.00. The zero-order chi connectivity index (χ0) is 21.4. The van der Waals surface area contributed by atoms with Crippen LogP contribution in [-0.2, 0) is 19.1 Å². The molecule has 0 heterocycles. The zero-order valence-electron chi connectivity index (χ0n) is 17.1. The van der Waals surface area contributed by atoms with E-state index in [9.17, 15) is 14.4 Å². The monoisotopic (exact) mass is 394 g/mol. The minimum Gasteiger partial charge on any atom is -0.448 e. The van der Waals surface area contributed by atoms with Crippen molar-refractivity contribution in [2.45, 2.75) is 39.7 Å². The van der Waals surface area contributed by atoms with Gasteiger partial charge in [0.15, 0.2) is 6.10 Å². The Labute approximate surface area is 171 Å². The average Bonchev–Trinajstić information content (AvgIpc) is 2.68. The first-order valence-electron chi connectivity index (χ1n) is 9.42. The molecule has 0 aliphatic rings. The number of ether oxygens (including phenoxy) is 1. The lowest BCUT2D eigenvalue weighted by molar-refractivity contribution is -0.149. The van der Waals surface area contributed by atoms with Crippen LogP contribution in [0, 0.1) is 0 Å². The summed E-state index contributed by atoms with van der Waals surface area (Å²) < 4.78 is 5.25. The molecular formula is C23H26N2O4. The number of rotatable bonds is 7. The predicted octanol–water partition coefficient (Wildman–Crippen LogP) is 3.86. The fraction of sp³-hybridized carbons (Fsp3) is 0.261. The molecule has 2 N–H and O–H groups in total. The Balaban J connectivity index is 2.05. The number of benzene rings is 2. The summed E-state index contributed by atoms with van der Waals surface area (Å²) in [5, 5.41) is 5.17. The van der Waals surface area contributed by atoms with E-state index in [4.69, 9.17) is 4.74 Å². The van der Waals surface area contributed by atoms with Crippen LogP contribution in [0.25, 0.3) is 6.08 Å². The van der Waals surface area contributed by atoms with Crippen molar-refractivity contribution in [3.63, 3.8) is 0 Å². The number of amides is 2. The van der Waals surface area contributed by atoms with Crippen LogP contribution < -0.4 is 10.6 Å². The Kier molecular flexibility index (Phi) is 7.71. The molecule has 2 aromatic carbocycles. The van der Waals surface area contributed by atoms with Gasteiger partial charge in [0.05, 0.1) is 0 Å². The fourth-order valence-corrected chi connectivity index (χ4v) is 2.52. The van der Waals surface area contributed by atoms with E-state index in [2.05, 4.69) is 24.5 Å². The van der Waals surface area contributed by atoms with E-state index in [0.717, 1.165) is 11.1 Å². The number of hydrogen-bond acceptors (Lipinski definition) is 4. The Morgan fingerprint density at radius 1 is 0.931 bits per heavy atom. The second-order valence-corrected chi connectivity index (χ2v) is 6.96. The molecule has 0 spiro atoms. The number of esters is 1.